The Hall–Kier alpha value is -3.88. The lowest BCUT2D eigenvalue weighted by Crippen LogP contribution is -2.22. The first kappa shape index (κ1) is 26.2. The number of rotatable bonds is 7. The van der Waals surface area contributed by atoms with Crippen molar-refractivity contribution in [3.63, 3.8) is 0 Å². The first-order chi connectivity index (χ1) is 17.5. The third-order valence-corrected chi connectivity index (χ3v) is 5.75. The van der Waals surface area contributed by atoms with E-state index in [1.165, 1.54) is 12.1 Å². The molecule has 0 unspecified atom stereocenters. The molecule has 0 aromatic heterocycles. The summed E-state index contributed by atoms with van der Waals surface area (Å²) in [6, 6.07) is 8.49. The summed E-state index contributed by atoms with van der Waals surface area (Å²) < 4.78 is 118. The summed E-state index contributed by atoms with van der Waals surface area (Å²) in [4.78, 5) is 0. The van der Waals surface area contributed by atoms with Gasteiger partial charge >= 0.3 is 6.11 Å². The number of hydrogen-bond acceptors (Lipinski definition) is 1. The highest BCUT2D eigenvalue weighted by Crippen LogP contribution is 2.36. The second-order valence-electron chi connectivity index (χ2n) is 8.19. The van der Waals surface area contributed by atoms with Gasteiger partial charge in [-0.05, 0) is 60.5 Å². The SMILES string of the molecule is C/C=C/CCc1ccc(-c2ccc(C(F)(F)Oc3cc(F)c4c(F)c(F)c(F)cc4c3)cc2)c(F)c1F. The van der Waals surface area contributed by atoms with Crippen molar-refractivity contribution in [2.24, 2.45) is 0 Å². The van der Waals surface area contributed by atoms with Gasteiger partial charge in [-0.3, -0.25) is 0 Å². The molecule has 0 spiro atoms. The lowest BCUT2D eigenvalue weighted by atomic mass is 9.99. The molecule has 0 N–H and O–H groups in total. The molecule has 37 heavy (non-hydrogen) atoms. The first-order valence-corrected chi connectivity index (χ1v) is 11.1. The van der Waals surface area contributed by atoms with Crippen molar-refractivity contribution >= 4 is 10.8 Å². The summed E-state index contributed by atoms with van der Waals surface area (Å²) in [5.41, 5.74) is -0.533. The van der Waals surface area contributed by atoms with Crippen molar-refractivity contribution in [3.8, 4) is 16.9 Å². The highest BCUT2D eigenvalue weighted by molar-refractivity contribution is 5.85. The second kappa shape index (κ2) is 10.2. The van der Waals surface area contributed by atoms with Crippen LogP contribution in [0.2, 0.25) is 0 Å². The van der Waals surface area contributed by atoms with Crippen LogP contribution in [0.5, 0.6) is 5.75 Å². The molecule has 0 saturated carbocycles. The van der Waals surface area contributed by atoms with E-state index >= 15 is 0 Å². The lowest BCUT2D eigenvalue weighted by Gasteiger charge is -2.19. The van der Waals surface area contributed by atoms with E-state index in [-0.39, 0.29) is 16.7 Å². The maximum atomic E-state index is 14.8. The molecule has 192 valence electrons. The molecule has 4 aromatic rings. The van der Waals surface area contributed by atoms with Crippen LogP contribution in [0, 0.1) is 34.9 Å². The minimum atomic E-state index is -4.05. The number of fused-ring (bicyclic) bond motifs is 1. The van der Waals surface area contributed by atoms with E-state index in [1.807, 2.05) is 13.0 Å². The largest absolute Gasteiger partial charge is 0.429 e. The smallest absolute Gasteiger partial charge is 0.426 e. The Balaban J connectivity index is 1.60. The number of alkyl halides is 2. The lowest BCUT2D eigenvalue weighted by molar-refractivity contribution is -0.185. The van der Waals surface area contributed by atoms with Crippen molar-refractivity contribution in [2.45, 2.75) is 25.9 Å². The number of ether oxygens (including phenoxy) is 1. The standard InChI is InChI=1S/C28H18F8O/c1-2-3-4-5-16-8-11-20(25(32)24(16)31)15-6-9-18(10-7-15)28(35,36)37-19-12-17-13-22(30)26(33)27(34)23(17)21(29)14-19/h2-3,6-14H,4-5H2,1H3/b3-2+. The van der Waals surface area contributed by atoms with Crippen LogP contribution in [-0.2, 0) is 12.5 Å². The number of aryl methyl sites for hydroxylation is 1. The third kappa shape index (κ3) is 5.16. The van der Waals surface area contributed by atoms with Crippen LogP contribution < -0.4 is 4.74 Å². The highest BCUT2D eigenvalue weighted by atomic mass is 19.3. The van der Waals surface area contributed by atoms with Crippen molar-refractivity contribution < 1.29 is 39.9 Å². The predicted molar refractivity (Wildman–Crippen MR) is 123 cm³/mol. The van der Waals surface area contributed by atoms with Crippen molar-refractivity contribution in [1.29, 1.82) is 0 Å². The van der Waals surface area contributed by atoms with Crippen molar-refractivity contribution in [1.82, 2.24) is 0 Å². The van der Waals surface area contributed by atoms with Gasteiger partial charge in [0, 0.05) is 11.6 Å². The Labute approximate surface area is 206 Å². The average molecular weight is 522 g/mol. The Morgan fingerprint density at radius 1 is 0.757 bits per heavy atom. The van der Waals surface area contributed by atoms with Crippen molar-refractivity contribution in [3.05, 3.63) is 113 Å². The van der Waals surface area contributed by atoms with Crippen LogP contribution in [0.15, 0.2) is 66.7 Å². The molecule has 0 radical (unpaired) electrons. The van der Waals surface area contributed by atoms with E-state index in [0.29, 0.717) is 25.0 Å². The topological polar surface area (TPSA) is 9.23 Å². The maximum absolute atomic E-state index is 14.8. The molecule has 0 aliphatic rings. The van der Waals surface area contributed by atoms with Crippen LogP contribution in [0.25, 0.3) is 21.9 Å². The van der Waals surface area contributed by atoms with E-state index in [1.54, 1.807) is 6.08 Å². The van der Waals surface area contributed by atoms with Crippen LogP contribution in [0.3, 0.4) is 0 Å². The zero-order valence-corrected chi connectivity index (χ0v) is 19.2. The van der Waals surface area contributed by atoms with Gasteiger partial charge in [0.1, 0.15) is 11.6 Å². The van der Waals surface area contributed by atoms with E-state index in [2.05, 4.69) is 4.74 Å². The molecule has 4 aromatic carbocycles. The molecule has 0 saturated heterocycles. The normalized spacial score (nSPS) is 12.0. The van der Waals surface area contributed by atoms with Crippen molar-refractivity contribution in [2.75, 3.05) is 0 Å². The number of benzene rings is 4. The minimum Gasteiger partial charge on any atom is -0.429 e. The Morgan fingerprint density at radius 3 is 2.14 bits per heavy atom. The predicted octanol–water partition coefficient (Wildman–Crippen LogP) is 8.98. The Kier molecular flexibility index (Phi) is 7.25. The van der Waals surface area contributed by atoms with Crippen LogP contribution in [0.4, 0.5) is 35.1 Å². The van der Waals surface area contributed by atoms with E-state index in [4.69, 9.17) is 0 Å². The molecule has 0 aliphatic carbocycles. The number of allylic oxidation sites excluding steroid dienone is 2. The zero-order chi connectivity index (χ0) is 26.9. The van der Waals surface area contributed by atoms with E-state index in [9.17, 15) is 35.1 Å². The summed E-state index contributed by atoms with van der Waals surface area (Å²) in [5.74, 6) is -9.66. The average Bonchev–Trinajstić information content (AvgIpc) is 2.85. The van der Waals surface area contributed by atoms with Gasteiger partial charge in [0.05, 0.1) is 10.9 Å². The molecule has 0 heterocycles. The van der Waals surface area contributed by atoms with Crippen LogP contribution in [-0.4, -0.2) is 0 Å². The number of hydrogen-bond donors (Lipinski definition) is 0. The molecule has 0 amide bonds. The van der Waals surface area contributed by atoms with Gasteiger partial charge in [0.15, 0.2) is 29.1 Å². The fourth-order valence-corrected chi connectivity index (χ4v) is 3.88. The fourth-order valence-electron chi connectivity index (χ4n) is 3.88. The Bertz CT molecular complexity index is 1490. The highest BCUT2D eigenvalue weighted by Gasteiger charge is 2.35. The molecule has 0 fully saturated rings. The molecular weight excluding hydrogens is 504 g/mol. The zero-order valence-electron chi connectivity index (χ0n) is 19.2. The van der Waals surface area contributed by atoms with Crippen LogP contribution >= 0.6 is 0 Å². The molecule has 0 bridgehead atoms. The summed E-state index contributed by atoms with van der Waals surface area (Å²) in [6.45, 7) is 1.81. The molecule has 1 nitrogen and oxygen atoms in total. The Morgan fingerprint density at radius 2 is 1.46 bits per heavy atom. The van der Waals surface area contributed by atoms with Gasteiger partial charge in [-0.1, -0.05) is 36.4 Å². The maximum Gasteiger partial charge on any atom is 0.426 e. The van der Waals surface area contributed by atoms with Gasteiger partial charge in [-0.25, -0.2) is 26.3 Å². The fraction of sp³-hybridized carbons (Fsp3) is 0.143. The quantitative estimate of drug-likeness (QED) is 0.134. The second-order valence-corrected chi connectivity index (χ2v) is 8.19. The molecule has 4 rings (SSSR count). The summed E-state index contributed by atoms with van der Waals surface area (Å²) in [6.07, 6.45) is 0.378. The summed E-state index contributed by atoms with van der Waals surface area (Å²) >= 11 is 0. The molecule has 9 heteroatoms. The van der Waals surface area contributed by atoms with Gasteiger partial charge in [0.25, 0.3) is 0 Å². The van der Waals surface area contributed by atoms with Gasteiger partial charge in [0.2, 0.25) is 0 Å². The molecular formula is C28H18F8O. The monoisotopic (exact) mass is 522 g/mol. The molecule has 0 atom stereocenters. The number of halogens is 8. The summed E-state index contributed by atoms with van der Waals surface area (Å²) in [7, 11) is 0. The van der Waals surface area contributed by atoms with E-state index < -0.39 is 63.1 Å². The van der Waals surface area contributed by atoms with Gasteiger partial charge in [-0.15, -0.1) is 0 Å². The minimum absolute atomic E-state index is 0.126. The third-order valence-electron chi connectivity index (χ3n) is 5.75. The van der Waals surface area contributed by atoms with E-state index in [0.717, 1.165) is 30.3 Å². The first-order valence-electron chi connectivity index (χ1n) is 11.1. The molecule has 0 aliphatic heterocycles. The van der Waals surface area contributed by atoms with Gasteiger partial charge < -0.3 is 4.74 Å². The van der Waals surface area contributed by atoms with Gasteiger partial charge in [-0.2, -0.15) is 8.78 Å². The summed E-state index contributed by atoms with van der Waals surface area (Å²) in [5, 5.41) is -1.44. The van der Waals surface area contributed by atoms with Crippen LogP contribution in [0.1, 0.15) is 24.5 Å².